The van der Waals surface area contributed by atoms with E-state index < -0.39 is 0 Å². The van der Waals surface area contributed by atoms with Crippen LogP contribution in [0.2, 0.25) is 5.02 Å². The fraction of sp³-hybridized carbons (Fsp3) is 0.357. The second-order valence-corrected chi connectivity index (χ2v) is 6.03. The van der Waals surface area contributed by atoms with Crippen LogP contribution in [0.1, 0.15) is 29.2 Å². The van der Waals surface area contributed by atoms with Crippen LogP contribution in [0.3, 0.4) is 0 Å². The Balaban J connectivity index is 1.97. The van der Waals surface area contributed by atoms with E-state index in [9.17, 15) is 0 Å². The average Bonchev–Trinajstić information content (AvgIpc) is 2.80. The van der Waals surface area contributed by atoms with Crippen molar-refractivity contribution >= 4 is 22.9 Å². The zero-order chi connectivity index (χ0) is 13.8. The number of nitrogens with zero attached hydrogens (tertiary/aromatic N) is 2. The molecule has 0 aliphatic rings. The van der Waals surface area contributed by atoms with Gasteiger partial charge in [0.15, 0.2) is 0 Å². The Morgan fingerprint density at radius 1 is 1.37 bits per heavy atom. The van der Waals surface area contributed by atoms with Crippen molar-refractivity contribution in [1.29, 1.82) is 0 Å². The van der Waals surface area contributed by atoms with E-state index in [0.717, 1.165) is 34.4 Å². The van der Waals surface area contributed by atoms with Crippen LogP contribution in [0, 0.1) is 0 Å². The molecule has 0 bridgehead atoms. The van der Waals surface area contributed by atoms with Crippen LogP contribution < -0.4 is 5.73 Å². The van der Waals surface area contributed by atoms with Crippen LogP contribution in [0.4, 0.5) is 0 Å². The molecule has 5 heteroatoms. The molecule has 1 aromatic carbocycles. The molecule has 19 heavy (non-hydrogen) atoms. The zero-order valence-corrected chi connectivity index (χ0v) is 12.7. The van der Waals surface area contributed by atoms with E-state index in [1.165, 1.54) is 0 Å². The van der Waals surface area contributed by atoms with Gasteiger partial charge in [-0.1, -0.05) is 29.8 Å². The van der Waals surface area contributed by atoms with E-state index in [-0.39, 0.29) is 6.04 Å². The molecule has 2 aromatic rings. The number of hydrogen-bond acceptors (Lipinski definition) is 4. The first-order valence-corrected chi connectivity index (χ1v) is 7.44. The normalized spacial score (nSPS) is 12.9. The van der Waals surface area contributed by atoms with Gasteiger partial charge in [0.1, 0.15) is 5.01 Å². The van der Waals surface area contributed by atoms with Gasteiger partial charge in [0.2, 0.25) is 0 Å². The Labute approximate surface area is 123 Å². The highest BCUT2D eigenvalue weighted by Crippen LogP contribution is 2.19. The first-order chi connectivity index (χ1) is 9.06. The van der Waals surface area contributed by atoms with Gasteiger partial charge in [-0.3, -0.25) is 4.90 Å². The van der Waals surface area contributed by atoms with Crippen LogP contribution in [-0.2, 0) is 13.1 Å². The summed E-state index contributed by atoms with van der Waals surface area (Å²) in [6.07, 6.45) is 0. The number of thiazole rings is 1. The van der Waals surface area contributed by atoms with Gasteiger partial charge in [0.05, 0.1) is 11.7 Å². The number of nitrogens with two attached hydrogens (primary N) is 1. The summed E-state index contributed by atoms with van der Waals surface area (Å²) in [6.45, 7) is 3.56. The molecule has 1 unspecified atom stereocenters. The Kier molecular flexibility index (Phi) is 4.93. The standard InChI is InChI=1S/C14H18ClN3S/c1-10(16)14-17-12(9-19-14)8-18(2)7-11-5-3-4-6-13(11)15/h3-6,9-10H,7-8,16H2,1-2H3. The summed E-state index contributed by atoms with van der Waals surface area (Å²) in [7, 11) is 2.06. The first-order valence-electron chi connectivity index (χ1n) is 6.18. The smallest absolute Gasteiger partial charge is 0.109 e. The highest BCUT2D eigenvalue weighted by molar-refractivity contribution is 7.09. The lowest BCUT2D eigenvalue weighted by Crippen LogP contribution is -2.18. The molecular formula is C14H18ClN3S. The zero-order valence-electron chi connectivity index (χ0n) is 11.1. The maximum atomic E-state index is 6.16. The summed E-state index contributed by atoms with van der Waals surface area (Å²) in [5.74, 6) is 0. The number of halogens is 1. The Hall–Kier alpha value is -0.940. The van der Waals surface area contributed by atoms with E-state index in [1.54, 1.807) is 11.3 Å². The summed E-state index contributed by atoms with van der Waals surface area (Å²) < 4.78 is 0. The molecule has 0 spiro atoms. The largest absolute Gasteiger partial charge is 0.322 e. The third kappa shape index (κ3) is 4.01. The third-order valence-corrected chi connectivity index (χ3v) is 4.25. The van der Waals surface area contributed by atoms with Gasteiger partial charge < -0.3 is 5.73 Å². The van der Waals surface area contributed by atoms with Gasteiger partial charge in [-0.05, 0) is 25.6 Å². The number of rotatable bonds is 5. The van der Waals surface area contributed by atoms with Crippen molar-refractivity contribution in [2.45, 2.75) is 26.1 Å². The minimum atomic E-state index is 0.00706. The van der Waals surface area contributed by atoms with Crippen molar-refractivity contribution in [1.82, 2.24) is 9.88 Å². The predicted molar refractivity (Wildman–Crippen MR) is 81.3 cm³/mol. The second kappa shape index (κ2) is 6.48. The molecule has 2 rings (SSSR count). The minimum absolute atomic E-state index is 0.00706. The van der Waals surface area contributed by atoms with Crippen LogP contribution >= 0.6 is 22.9 Å². The van der Waals surface area contributed by atoms with Gasteiger partial charge in [0, 0.05) is 23.5 Å². The van der Waals surface area contributed by atoms with Crippen molar-refractivity contribution in [3.8, 4) is 0 Å². The summed E-state index contributed by atoms with van der Waals surface area (Å²) in [5.41, 5.74) is 8.01. The number of hydrogen-bond donors (Lipinski definition) is 1. The number of benzene rings is 1. The van der Waals surface area contributed by atoms with E-state index in [0.29, 0.717) is 0 Å². The Bertz CT molecular complexity index is 539. The molecule has 0 aliphatic carbocycles. The maximum absolute atomic E-state index is 6.16. The highest BCUT2D eigenvalue weighted by atomic mass is 35.5. The summed E-state index contributed by atoms with van der Waals surface area (Å²) >= 11 is 7.78. The Morgan fingerprint density at radius 2 is 2.11 bits per heavy atom. The lowest BCUT2D eigenvalue weighted by atomic mass is 10.2. The van der Waals surface area contributed by atoms with Crippen LogP contribution in [0.5, 0.6) is 0 Å². The van der Waals surface area contributed by atoms with Crippen molar-refractivity contribution in [3.63, 3.8) is 0 Å². The average molecular weight is 296 g/mol. The quantitative estimate of drug-likeness (QED) is 0.919. The van der Waals surface area contributed by atoms with Crippen molar-refractivity contribution < 1.29 is 0 Å². The monoisotopic (exact) mass is 295 g/mol. The summed E-state index contributed by atoms with van der Waals surface area (Å²) in [5, 5.41) is 3.87. The molecule has 0 amide bonds. The third-order valence-electron chi connectivity index (χ3n) is 2.79. The fourth-order valence-electron chi connectivity index (χ4n) is 1.85. The van der Waals surface area contributed by atoms with Gasteiger partial charge in [-0.2, -0.15) is 0 Å². The van der Waals surface area contributed by atoms with Gasteiger partial charge in [-0.15, -0.1) is 11.3 Å². The lowest BCUT2D eigenvalue weighted by Gasteiger charge is -2.16. The molecule has 3 nitrogen and oxygen atoms in total. The molecule has 0 radical (unpaired) electrons. The molecular weight excluding hydrogens is 278 g/mol. The molecule has 2 N–H and O–H groups in total. The second-order valence-electron chi connectivity index (χ2n) is 4.73. The maximum Gasteiger partial charge on any atom is 0.109 e. The molecule has 102 valence electrons. The van der Waals surface area contributed by atoms with Gasteiger partial charge >= 0.3 is 0 Å². The molecule has 0 saturated carbocycles. The lowest BCUT2D eigenvalue weighted by molar-refractivity contribution is 0.315. The SMILES string of the molecule is CC(N)c1nc(CN(C)Cc2ccccc2Cl)cs1. The van der Waals surface area contributed by atoms with Gasteiger partial charge in [0.25, 0.3) is 0 Å². The molecule has 1 heterocycles. The minimum Gasteiger partial charge on any atom is -0.322 e. The van der Waals surface area contributed by atoms with Crippen LogP contribution in [0.25, 0.3) is 0 Å². The van der Waals surface area contributed by atoms with E-state index in [1.807, 2.05) is 31.2 Å². The summed E-state index contributed by atoms with van der Waals surface area (Å²) in [4.78, 5) is 6.73. The highest BCUT2D eigenvalue weighted by Gasteiger charge is 2.09. The van der Waals surface area contributed by atoms with Crippen LogP contribution in [-0.4, -0.2) is 16.9 Å². The topological polar surface area (TPSA) is 42.1 Å². The Morgan fingerprint density at radius 3 is 2.74 bits per heavy atom. The van der Waals surface area contributed by atoms with E-state index in [2.05, 4.69) is 22.3 Å². The summed E-state index contributed by atoms with van der Waals surface area (Å²) in [6, 6.07) is 7.93. The molecule has 0 saturated heterocycles. The van der Waals surface area contributed by atoms with Crippen molar-refractivity contribution in [2.75, 3.05) is 7.05 Å². The fourth-order valence-corrected chi connectivity index (χ4v) is 2.82. The van der Waals surface area contributed by atoms with E-state index in [4.69, 9.17) is 17.3 Å². The molecule has 0 fully saturated rings. The van der Waals surface area contributed by atoms with Gasteiger partial charge in [-0.25, -0.2) is 4.98 Å². The molecule has 1 aromatic heterocycles. The van der Waals surface area contributed by atoms with E-state index >= 15 is 0 Å². The van der Waals surface area contributed by atoms with Crippen molar-refractivity contribution in [2.24, 2.45) is 5.73 Å². The molecule has 0 aliphatic heterocycles. The van der Waals surface area contributed by atoms with Crippen LogP contribution in [0.15, 0.2) is 29.6 Å². The van der Waals surface area contributed by atoms with Crippen molar-refractivity contribution in [3.05, 3.63) is 50.9 Å². The predicted octanol–water partition coefficient (Wildman–Crippen LogP) is 3.45. The molecule has 1 atom stereocenters. The number of aromatic nitrogens is 1. The first kappa shape index (κ1) is 14.5.